The molecule has 12 atom stereocenters. The predicted molar refractivity (Wildman–Crippen MR) is 237 cm³/mol. The maximum atomic E-state index is 15.7. The summed E-state index contributed by atoms with van der Waals surface area (Å²) in [6.45, 7) is 7.51. The summed E-state index contributed by atoms with van der Waals surface area (Å²) >= 11 is 0. The number of fused-ring (bicyclic) bond motifs is 5. The van der Waals surface area contributed by atoms with Crippen LogP contribution in [0.5, 0.6) is 0 Å². The van der Waals surface area contributed by atoms with Crippen LogP contribution in [0, 0.1) is 16.7 Å². The van der Waals surface area contributed by atoms with E-state index >= 15 is 9.59 Å². The Labute approximate surface area is 430 Å². The number of carbonyl (C=O) groups is 8. The summed E-state index contributed by atoms with van der Waals surface area (Å²) in [6, 6.07) is 21.5. The Balaban J connectivity index is 0.00000825. The molecule has 71 heavy (non-hydrogen) atoms. The topological polar surface area (TPSA) is 288 Å². The zero-order valence-electron chi connectivity index (χ0n) is 40.2. The van der Waals surface area contributed by atoms with E-state index in [9.17, 15) is 49.2 Å². The molecule has 3 aromatic carbocycles. The van der Waals surface area contributed by atoms with Crippen LogP contribution in [-0.4, -0.2) is 123 Å². The van der Waals surface area contributed by atoms with Crippen LogP contribution in [-0.2, 0) is 57.2 Å². The summed E-state index contributed by atoms with van der Waals surface area (Å²) in [5.74, 6) is -11.1. The molecule has 20 heteroatoms. The standard InChI is InChI=1S/C51H55NO18.Na/c1-26-33(67-47(63)40(68-36(57)22-32(55)45(60)61)38(29-16-10-7-11-17-29)52-44(59)30-18-12-8-13-19-30)24-51(64)43(69-46(62)31-20-14-9-15-21-31)41-49(6,34(56)23-35-50(41,25-65-35)70-28(3)54)42(58)39(66-27(2)53)37(26)48(51,4)5;/h7-21,32-35,38-41,43,55-56,64H,22-25H2,1-6H3,(H,52,59)(H,60,61);/q;+1/p-1/t32-,33-,34-,35+,38-,39+,40+,41?,43-,49+,50-,51+;/m0./s1. The van der Waals surface area contributed by atoms with E-state index in [2.05, 4.69) is 5.32 Å². The third-order valence-electron chi connectivity index (χ3n) is 14.3. The summed E-state index contributed by atoms with van der Waals surface area (Å²) in [6.07, 6.45) is -15.1. The molecule has 1 aliphatic heterocycles. The van der Waals surface area contributed by atoms with Crippen molar-refractivity contribution >= 4 is 47.5 Å². The molecule has 0 spiro atoms. The van der Waals surface area contributed by atoms with E-state index in [1.54, 1.807) is 54.6 Å². The van der Waals surface area contributed by atoms with Crippen molar-refractivity contribution in [3.8, 4) is 0 Å². The summed E-state index contributed by atoms with van der Waals surface area (Å²) in [5, 5.41) is 50.3. The number of ether oxygens (including phenoxy) is 6. The zero-order chi connectivity index (χ0) is 51.1. The van der Waals surface area contributed by atoms with E-state index < -0.39 is 137 Å². The first-order valence-electron chi connectivity index (χ1n) is 22.6. The van der Waals surface area contributed by atoms with Gasteiger partial charge in [-0.15, -0.1) is 0 Å². The van der Waals surface area contributed by atoms with E-state index in [4.69, 9.17) is 28.4 Å². The molecule has 2 bridgehead atoms. The summed E-state index contributed by atoms with van der Waals surface area (Å²) < 4.78 is 36.1. The molecule has 3 fully saturated rings. The van der Waals surface area contributed by atoms with Gasteiger partial charge in [-0.1, -0.05) is 80.6 Å². The van der Waals surface area contributed by atoms with Crippen LogP contribution in [0.15, 0.2) is 102 Å². The molecule has 1 amide bonds. The number of carboxylic acid groups (broad SMARTS) is 1. The number of Topliss-reactive ketones (excluding diaryl/α,β-unsaturated/α-hetero) is 1. The first kappa shape index (κ1) is 54.5. The Bertz CT molecular complexity index is 2590. The largest absolute Gasteiger partial charge is 1.00 e. The van der Waals surface area contributed by atoms with E-state index in [1.807, 2.05) is 0 Å². The number of aliphatic carboxylic acids is 1. The summed E-state index contributed by atoms with van der Waals surface area (Å²) in [7, 11) is 0. The van der Waals surface area contributed by atoms with E-state index in [0.717, 1.165) is 13.8 Å². The van der Waals surface area contributed by atoms with Gasteiger partial charge in [0.25, 0.3) is 5.91 Å². The van der Waals surface area contributed by atoms with Crippen molar-refractivity contribution in [1.82, 2.24) is 5.32 Å². The Hall–Kier alpha value is -5.80. The van der Waals surface area contributed by atoms with Gasteiger partial charge in [-0.25, -0.2) is 9.59 Å². The first-order chi connectivity index (χ1) is 33.0. The van der Waals surface area contributed by atoms with Crippen LogP contribution in [0.25, 0.3) is 0 Å². The molecule has 2 saturated carbocycles. The minimum atomic E-state index is -2.54. The number of carbonyl (C=O) groups excluding carboxylic acids is 8. The number of carboxylic acids is 1. The number of amides is 1. The van der Waals surface area contributed by atoms with Crippen LogP contribution in [0.3, 0.4) is 0 Å². The Morgan fingerprint density at radius 2 is 1.42 bits per heavy atom. The van der Waals surface area contributed by atoms with Gasteiger partial charge in [0, 0.05) is 37.7 Å². The van der Waals surface area contributed by atoms with Gasteiger partial charge in [-0.2, -0.15) is 0 Å². The van der Waals surface area contributed by atoms with Crippen molar-refractivity contribution in [2.75, 3.05) is 6.61 Å². The number of hydrogen-bond acceptors (Lipinski definition) is 18. The average molecular weight is 992 g/mol. The number of ketones is 1. The fraction of sp³-hybridized carbons (Fsp3) is 0.451. The third-order valence-corrected chi connectivity index (χ3v) is 14.3. The molecule has 1 heterocycles. The van der Waals surface area contributed by atoms with Gasteiger partial charge in [0.2, 0.25) is 6.10 Å². The third kappa shape index (κ3) is 10.1. The molecule has 0 radical (unpaired) electrons. The van der Waals surface area contributed by atoms with E-state index in [1.165, 1.54) is 64.1 Å². The number of aliphatic hydroxyl groups is 3. The van der Waals surface area contributed by atoms with Crippen LogP contribution in [0.2, 0.25) is 0 Å². The Morgan fingerprint density at radius 1 is 0.845 bits per heavy atom. The second-order valence-electron chi connectivity index (χ2n) is 18.9. The molecular weight excluding hydrogens is 938 g/mol. The zero-order valence-corrected chi connectivity index (χ0v) is 42.2. The maximum Gasteiger partial charge on any atom is 1.00 e. The maximum absolute atomic E-state index is 15.7. The number of aliphatic hydroxyl groups excluding tert-OH is 2. The SMILES string of the molecule is CC(=O)O[C@H]1C(=O)[C@@]2(C)C([C@H](OC(=O)c3ccccc3)[C@]3(O)C[C@H](OC(=O)[C@H](OC(=O)C[C@H](O)C(=O)[O-])[C@@H](NC(=O)c4ccccc4)c4ccccc4)C(C)=C1C3(C)C)[C@]1(OC(C)=O)CO[C@@H]1C[C@@H]2O.[Na+]. The molecule has 3 aromatic rings. The molecule has 19 nitrogen and oxygen atoms in total. The van der Waals surface area contributed by atoms with Crippen molar-refractivity contribution < 1.29 is 117 Å². The fourth-order valence-corrected chi connectivity index (χ4v) is 10.7. The van der Waals surface area contributed by atoms with Crippen molar-refractivity contribution in [2.45, 2.75) is 121 Å². The molecule has 3 aliphatic carbocycles. The molecular formula is C51H54NNaO18. The minimum Gasteiger partial charge on any atom is -0.547 e. The minimum absolute atomic E-state index is 0. The van der Waals surface area contributed by atoms with Crippen LogP contribution in [0.1, 0.15) is 93.1 Å². The van der Waals surface area contributed by atoms with Crippen LogP contribution >= 0.6 is 0 Å². The monoisotopic (exact) mass is 991 g/mol. The summed E-state index contributed by atoms with van der Waals surface area (Å²) in [4.78, 5) is 110. The smallest absolute Gasteiger partial charge is 0.547 e. The fourth-order valence-electron chi connectivity index (χ4n) is 10.7. The second kappa shape index (κ2) is 21.1. The van der Waals surface area contributed by atoms with Crippen molar-refractivity contribution in [3.63, 3.8) is 0 Å². The van der Waals surface area contributed by atoms with Gasteiger partial charge in [0.05, 0.1) is 42.0 Å². The quantitative estimate of drug-likeness (QED) is 0.0638. The Kier molecular flexibility index (Phi) is 16.2. The predicted octanol–water partition coefficient (Wildman–Crippen LogP) is -1.21. The molecule has 4 N–H and O–H groups in total. The molecule has 4 aliphatic rings. The van der Waals surface area contributed by atoms with Crippen molar-refractivity contribution in [3.05, 3.63) is 119 Å². The Morgan fingerprint density at radius 3 is 1.96 bits per heavy atom. The molecule has 7 rings (SSSR count). The van der Waals surface area contributed by atoms with Gasteiger partial charge >= 0.3 is 59.4 Å². The number of rotatable bonds is 14. The van der Waals surface area contributed by atoms with Crippen molar-refractivity contribution in [2.24, 2.45) is 16.7 Å². The number of esters is 5. The molecule has 1 unspecified atom stereocenters. The first-order valence-corrected chi connectivity index (χ1v) is 22.6. The number of nitrogens with one attached hydrogen (secondary N) is 1. The van der Waals surface area contributed by atoms with Crippen LogP contribution in [0.4, 0.5) is 0 Å². The number of benzene rings is 3. The number of hydrogen-bond donors (Lipinski definition) is 4. The molecule has 1 saturated heterocycles. The second-order valence-corrected chi connectivity index (χ2v) is 18.9. The van der Waals surface area contributed by atoms with E-state index in [0.29, 0.717) is 0 Å². The van der Waals surface area contributed by atoms with Gasteiger partial charge < -0.3 is 59.0 Å². The van der Waals surface area contributed by atoms with Gasteiger partial charge in [0.1, 0.15) is 36.1 Å². The van der Waals surface area contributed by atoms with Gasteiger partial charge in [-0.3, -0.25) is 24.0 Å². The van der Waals surface area contributed by atoms with Crippen LogP contribution < -0.4 is 40.0 Å². The van der Waals surface area contributed by atoms with Gasteiger partial charge in [-0.05, 0) is 54.8 Å². The average Bonchev–Trinajstić information content (AvgIpc) is 3.31. The molecule has 372 valence electrons. The van der Waals surface area contributed by atoms with E-state index in [-0.39, 0.29) is 70.4 Å². The summed E-state index contributed by atoms with van der Waals surface area (Å²) in [5.41, 5.74) is -8.14. The van der Waals surface area contributed by atoms with Gasteiger partial charge in [0.15, 0.2) is 17.5 Å². The molecule has 0 aromatic heterocycles. The van der Waals surface area contributed by atoms with Crippen molar-refractivity contribution in [1.29, 1.82) is 0 Å². The normalized spacial score (nSPS) is 29.5.